The van der Waals surface area contributed by atoms with E-state index in [9.17, 15) is 9.00 Å². The number of hydrogen-bond donors (Lipinski definition) is 2. The third-order valence-electron chi connectivity index (χ3n) is 3.36. The average molecular weight is 331 g/mol. The molecular formula is C14H19ClN2O3S. The maximum Gasteiger partial charge on any atom is 0.225 e. The monoisotopic (exact) mass is 330 g/mol. The number of anilines is 2. The summed E-state index contributed by atoms with van der Waals surface area (Å²) in [5.41, 5.74) is 6.71. The minimum Gasteiger partial charge on any atom is -0.397 e. The van der Waals surface area contributed by atoms with Crippen molar-refractivity contribution in [2.45, 2.75) is 24.5 Å². The summed E-state index contributed by atoms with van der Waals surface area (Å²) in [6, 6.07) is 4.90. The van der Waals surface area contributed by atoms with Crippen LogP contribution in [-0.4, -0.2) is 34.3 Å². The van der Waals surface area contributed by atoms with Crippen molar-refractivity contribution in [1.82, 2.24) is 0 Å². The molecule has 1 aromatic rings. The lowest BCUT2D eigenvalue weighted by Crippen LogP contribution is -2.27. The highest BCUT2D eigenvalue weighted by Gasteiger charge is 2.20. The molecule has 1 fully saturated rings. The molecule has 1 aliphatic rings. The standard InChI is InChI=1S/C14H19ClN2O3S/c15-10-1-2-12(16)13(9-10)17-14(18)5-8-21(19)11-3-6-20-7-4-11/h1-2,9,11H,3-8,16H2,(H,17,18). The molecule has 1 heterocycles. The Labute approximate surface area is 131 Å². The topological polar surface area (TPSA) is 81.4 Å². The third-order valence-corrected chi connectivity index (χ3v) is 5.42. The molecule has 2 rings (SSSR count). The number of nitrogens with one attached hydrogen (secondary N) is 1. The van der Waals surface area contributed by atoms with Crippen LogP contribution in [-0.2, 0) is 20.3 Å². The van der Waals surface area contributed by atoms with Gasteiger partial charge in [-0.05, 0) is 31.0 Å². The fourth-order valence-corrected chi connectivity index (χ4v) is 3.76. The second-order valence-corrected chi connectivity index (χ2v) is 7.20. The van der Waals surface area contributed by atoms with E-state index < -0.39 is 10.8 Å². The highest BCUT2D eigenvalue weighted by atomic mass is 35.5. The Kier molecular flexibility index (Phi) is 6.02. The molecule has 0 aromatic heterocycles. The van der Waals surface area contributed by atoms with Gasteiger partial charge in [0.15, 0.2) is 0 Å². The van der Waals surface area contributed by atoms with Crippen LogP contribution in [0, 0.1) is 0 Å². The van der Waals surface area contributed by atoms with Gasteiger partial charge in [-0.2, -0.15) is 0 Å². The lowest BCUT2D eigenvalue weighted by molar-refractivity contribution is -0.115. The molecule has 0 radical (unpaired) electrons. The van der Waals surface area contributed by atoms with Crippen molar-refractivity contribution in [3.8, 4) is 0 Å². The SMILES string of the molecule is Nc1ccc(Cl)cc1NC(=O)CCS(=O)C1CCOCC1. The highest BCUT2D eigenvalue weighted by molar-refractivity contribution is 7.85. The van der Waals surface area contributed by atoms with Gasteiger partial charge in [-0.25, -0.2) is 0 Å². The van der Waals surface area contributed by atoms with Crippen molar-refractivity contribution in [2.75, 3.05) is 30.0 Å². The fraction of sp³-hybridized carbons (Fsp3) is 0.500. The minimum absolute atomic E-state index is 0.141. The van der Waals surface area contributed by atoms with E-state index >= 15 is 0 Å². The number of benzene rings is 1. The van der Waals surface area contributed by atoms with Crippen molar-refractivity contribution in [3.05, 3.63) is 23.2 Å². The Bertz CT molecular complexity index is 533. The van der Waals surface area contributed by atoms with Crippen molar-refractivity contribution in [2.24, 2.45) is 0 Å². The van der Waals surface area contributed by atoms with E-state index in [0.717, 1.165) is 12.8 Å². The van der Waals surface area contributed by atoms with Crippen LogP contribution in [0.3, 0.4) is 0 Å². The lowest BCUT2D eigenvalue weighted by atomic mass is 10.2. The summed E-state index contributed by atoms with van der Waals surface area (Å²) in [6.07, 6.45) is 1.81. The number of rotatable bonds is 5. The summed E-state index contributed by atoms with van der Waals surface area (Å²) < 4.78 is 17.3. The van der Waals surface area contributed by atoms with Gasteiger partial charge in [0.05, 0.1) is 11.4 Å². The molecule has 1 amide bonds. The number of halogens is 1. The molecule has 3 N–H and O–H groups in total. The van der Waals surface area contributed by atoms with E-state index in [1.807, 2.05) is 0 Å². The minimum atomic E-state index is -0.993. The molecule has 1 atom stereocenters. The first-order valence-corrected chi connectivity index (χ1v) is 8.62. The molecule has 0 spiro atoms. The quantitative estimate of drug-likeness (QED) is 0.811. The summed E-state index contributed by atoms with van der Waals surface area (Å²) >= 11 is 5.86. The third kappa shape index (κ3) is 4.98. The molecule has 116 valence electrons. The van der Waals surface area contributed by atoms with Gasteiger partial charge in [0.2, 0.25) is 5.91 Å². The number of carbonyl (C=O) groups is 1. The van der Waals surface area contributed by atoms with E-state index in [-0.39, 0.29) is 17.6 Å². The highest BCUT2D eigenvalue weighted by Crippen LogP contribution is 2.23. The Morgan fingerprint density at radius 1 is 1.43 bits per heavy atom. The molecule has 7 heteroatoms. The summed E-state index contributed by atoms with van der Waals surface area (Å²) in [4.78, 5) is 11.9. The average Bonchev–Trinajstić information content (AvgIpc) is 2.49. The van der Waals surface area contributed by atoms with E-state index in [2.05, 4.69) is 5.32 Å². The molecule has 1 unspecified atom stereocenters. The molecule has 21 heavy (non-hydrogen) atoms. The normalized spacial score (nSPS) is 17.4. The van der Waals surface area contributed by atoms with E-state index in [4.69, 9.17) is 22.1 Å². The van der Waals surface area contributed by atoms with Crippen LogP contribution in [0.4, 0.5) is 11.4 Å². The number of nitrogen functional groups attached to an aromatic ring is 1. The molecule has 0 saturated carbocycles. The second-order valence-electron chi connectivity index (χ2n) is 4.93. The zero-order valence-corrected chi connectivity index (χ0v) is 13.2. The van der Waals surface area contributed by atoms with Crippen LogP contribution >= 0.6 is 11.6 Å². The first-order valence-electron chi connectivity index (χ1n) is 6.86. The zero-order valence-electron chi connectivity index (χ0n) is 11.6. The molecule has 1 aliphatic heterocycles. The molecule has 0 aliphatic carbocycles. The van der Waals surface area contributed by atoms with Crippen LogP contribution in [0.1, 0.15) is 19.3 Å². The summed E-state index contributed by atoms with van der Waals surface area (Å²) in [6.45, 7) is 1.31. The van der Waals surface area contributed by atoms with Crippen LogP contribution in [0.2, 0.25) is 5.02 Å². The largest absolute Gasteiger partial charge is 0.397 e. The second kappa shape index (κ2) is 7.77. The molecule has 1 aromatic carbocycles. The predicted octanol–water partition coefficient (Wildman–Crippen LogP) is 2.18. The molecule has 1 saturated heterocycles. The number of nitrogens with two attached hydrogens (primary N) is 1. The molecular weight excluding hydrogens is 312 g/mol. The number of carbonyl (C=O) groups excluding carboxylic acids is 1. The number of amides is 1. The zero-order chi connectivity index (χ0) is 15.2. The molecule has 0 bridgehead atoms. The first-order chi connectivity index (χ1) is 10.1. The summed E-state index contributed by atoms with van der Waals surface area (Å²) in [5, 5.41) is 3.35. The van der Waals surface area contributed by atoms with Crippen molar-refractivity contribution < 1.29 is 13.7 Å². The summed E-state index contributed by atoms with van der Waals surface area (Å²) in [5.74, 6) is 0.154. The van der Waals surface area contributed by atoms with Gasteiger partial charge in [-0.1, -0.05) is 11.6 Å². The Balaban J connectivity index is 1.81. The van der Waals surface area contributed by atoms with Gasteiger partial charge in [0.25, 0.3) is 0 Å². The smallest absolute Gasteiger partial charge is 0.225 e. The Hall–Kier alpha value is -1.11. The summed E-state index contributed by atoms with van der Waals surface area (Å²) in [7, 11) is -0.993. The predicted molar refractivity (Wildman–Crippen MR) is 86.0 cm³/mol. The van der Waals surface area contributed by atoms with Crippen molar-refractivity contribution in [1.29, 1.82) is 0 Å². The van der Waals surface area contributed by atoms with E-state index in [0.29, 0.717) is 35.4 Å². The van der Waals surface area contributed by atoms with Crippen molar-refractivity contribution in [3.63, 3.8) is 0 Å². The van der Waals surface area contributed by atoms with Crippen LogP contribution in [0.25, 0.3) is 0 Å². The Morgan fingerprint density at radius 2 is 2.14 bits per heavy atom. The van der Waals surface area contributed by atoms with Gasteiger partial charge in [-0.3, -0.25) is 9.00 Å². The van der Waals surface area contributed by atoms with Crippen molar-refractivity contribution >= 4 is 39.7 Å². The van der Waals surface area contributed by atoms with Gasteiger partial charge < -0.3 is 15.8 Å². The van der Waals surface area contributed by atoms with Gasteiger partial charge in [0, 0.05) is 46.5 Å². The van der Waals surface area contributed by atoms with Crippen LogP contribution < -0.4 is 11.1 Å². The Morgan fingerprint density at radius 3 is 2.86 bits per heavy atom. The van der Waals surface area contributed by atoms with Crippen LogP contribution in [0.15, 0.2) is 18.2 Å². The fourth-order valence-electron chi connectivity index (χ4n) is 2.15. The molecule has 5 nitrogen and oxygen atoms in total. The van der Waals surface area contributed by atoms with Gasteiger partial charge >= 0.3 is 0 Å². The maximum absolute atomic E-state index is 12.1. The lowest BCUT2D eigenvalue weighted by Gasteiger charge is -2.21. The number of hydrogen-bond acceptors (Lipinski definition) is 4. The van der Waals surface area contributed by atoms with Crippen LogP contribution in [0.5, 0.6) is 0 Å². The van der Waals surface area contributed by atoms with E-state index in [1.165, 1.54) is 0 Å². The first kappa shape index (κ1) is 16.3. The number of ether oxygens (including phenoxy) is 1. The van der Waals surface area contributed by atoms with Gasteiger partial charge in [-0.15, -0.1) is 0 Å². The maximum atomic E-state index is 12.1. The van der Waals surface area contributed by atoms with Gasteiger partial charge in [0.1, 0.15) is 0 Å². The van der Waals surface area contributed by atoms with E-state index in [1.54, 1.807) is 18.2 Å².